The largest absolute Gasteiger partial charge is 0.416 e. The fourth-order valence-electron chi connectivity index (χ4n) is 1.83. The number of ether oxygens (including phenoxy) is 1. The summed E-state index contributed by atoms with van der Waals surface area (Å²) in [6.07, 6.45) is -3.15. The van der Waals surface area contributed by atoms with Crippen LogP contribution in [-0.2, 0) is 22.1 Å². The minimum atomic E-state index is -4.37. The van der Waals surface area contributed by atoms with Gasteiger partial charge in [-0.3, -0.25) is 4.79 Å². The first-order valence-electron chi connectivity index (χ1n) is 6.11. The highest BCUT2D eigenvalue weighted by Crippen LogP contribution is 2.32. The number of hydrogen-bond donors (Lipinski definition) is 0. The number of methoxy groups -OCH3 is 1. The third kappa shape index (κ3) is 5.42. The smallest absolute Gasteiger partial charge is 0.385 e. The minimum Gasteiger partial charge on any atom is -0.385 e. The molecule has 106 valence electrons. The Bertz CT molecular complexity index is 413. The lowest BCUT2D eigenvalue weighted by atomic mass is 10.00. The second-order valence-corrected chi connectivity index (χ2v) is 4.29. The molecule has 0 heterocycles. The van der Waals surface area contributed by atoms with Crippen molar-refractivity contribution in [3.63, 3.8) is 0 Å². The van der Waals surface area contributed by atoms with E-state index in [2.05, 4.69) is 0 Å². The molecule has 2 nitrogen and oxygen atoms in total. The van der Waals surface area contributed by atoms with E-state index in [1.165, 1.54) is 12.1 Å². The van der Waals surface area contributed by atoms with Crippen molar-refractivity contribution in [2.45, 2.75) is 31.9 Å². The molecule has 0 aromatic heterocycles. The molecule has 1 rings (SSSR count). The first-order valence-corrected chi connectivity index (χ1v) is 6.11. The molecule has 0 atom stereocenters. The molecule has 0 bridgehead atoms. The van der Waals surface area contributed by atoms with Crippen molar-refractivity contribution in [3.8, 4) is 0 Å². The number of carbonyl (C=O) groups is 1. The second kappa shape index (κ2) is 7.28. The first kappa shape index (κ1) is 15.7. The Morgan fingerprint density at radius 3 is 2.53 bits per heavy atom. The summed E-state index contributed by atoms with van der Waals surface area (Å²) in [6, 6.07) is 5.38. The molecule has 0 fully saturated rings. The topological polar surface area (TPSA) is 26.3 Å². The van der Waals surface area contributed by atoms with Crippen LogP contribution in [0.25, 0.3) is 0 Å². The third-order valence-electron chi connectivity index (χ3n) is 2.80. The van der Waals surface area contributed by atoms with Crippen molar-refractivity contribution < 1.29 is 22.7 Å². The van der Waals surface area contributed by atoms with Crippen LogP contribution in [0.1, 0.15) is 30.4 Å². The van der Waals surface area contributed by atoms with Crippen molar-refractivity contribution in [1.29, 1.82) is 0 Å². The normalized spacial score (nSPS) is 11.6. The molecule has 0 unspecified atom stereocenters. The van der Waals surface area contributed by atoms with Crippen molar-refractivity contribution in [1.82, 2.24) is 0 Å². The molecule has 0 saturated heterocycles. The SMILES string of the molecule is COCCCC(=O)CCc1ccccc1C(F)(F)F. The molecule has 0 N–H and O–H groups in total. The maximum atomic E-state index is 12.7. The number of alkyl halides is 3. The lowest BCUT2D eigenvalue weighted by Gasteiger charge is -2.12. The Kier molecular flexibility index (Phi) is 6.02. The average molecular weight is 274 g/mol. The van der Waals surface area contributed by atoms with Crippen LogP contribution in [-0.4, -0.2) is 19.5 Å². The van der Waals surface area contributed by atoms with Gasteiger partial charge in [0.2, 0.25) is 0 Å². The van der Waals surface area contributed by atoms with E-state index < -0.39 is 11.7 Å². The second-order valence-electron chi connectivity index (χ2n) is 4.29. The Morgan fingerprint density at radius 2 is 1.89 bits per heavy atom. The van der Waals surface area contributed by atoms with Crippen LogP contribution in [0.3, 0.4) is 0 Å². The van der Waals surface area contributed by atoms with Gasteiger partial charge in [-0.25, -0.2) is 0 Å². The lowest BCUT2D eigenvalue weighted by Crippen LogP contribution is -2.10. The van der Waals surface area contributed by atoms with Gasteiger partial charge in [0, 0.05) is 26.6 Å². The van der Waals surface area contributed by atoms with E-state index in [0.717, 1.165) is 6.07 Å². The Hall–Kier alpha value is -1.36. The van der Waals surface area contributed by atoms with Gasteiger partial charge in [-0.05, 0) is 24.5 Å². The molecule has 0 aliphatic rings. The molecule has 1 aromatic carbocycles. The summed E-state index contributed by atoms with van der Waals surface area (Å²) in [4.78, 5) is 11.5. The summed E-state index contributed by atoms with van der Waals surface area (Å²) in [5.41, 5.74) is -0.477. The maximum absolute atomic E-state index is 12.7. The van der Waals surface area contributed by atoms with Crippen molar-refractivity contribution in [2.24, 2.45) is 0 Å². The van der Waals surface area contributed by atoms with Gasteiger partial charge in [0.25, 0.3) is 0 Å². The standard InChI is InChI=1S/C14H17F3O2/c1-19-10-4-6-12(18)9-8-11-5-2-3-7-13(11)14(15,16)17/h2-3,5,7H,4,6,8-10H2,1H3. The third-order valence-corrected chi connectivity index (χ3v) is 2.80. The van der Waals surface area contributed by atoms with Gasteiger partial charge in [0.1, 0.15) is 5.78 Å². The van der Waals surface area contributed by atoms with E-state index in [1.807, 2.05) is 0 Å². The highest BCUT2D eigenvalue weighted by Gasteiger charge is 2.32. The number of carbonyl (C=O) groups excluding carboxylic acids is 1. The number of aryl methyl sites for hydroxylation is 1. The van der Waals surface area contributed by atoms with Gasteiger partial charge in [-0.1, -0.05) is 18.2 Å². The molecule has 0 saturated carbocycles. The van der Waals surface area contributed by atoms with Crippen molar-refractivity contribution in [2.75, 3.05) is 13.7 Å². The van der Waals surface area contributed by atoms with Gasteiger partial charge in [0.15, 0.2) is 0 Å². The van der Waals surface area contributed by atoms with Gasteiger partial charge < -0.3 is 4.74 Å². The van der Waals surface area contributed by atoms with E-state index in [1.54, 1.807) is 13.2 Å². The lowest BCUT2D eigenvalue weighted by molar-refractivity contribution is -0.138. The zero-order valence-corrected chi connectivity index (χ0v) is 10.8. The van der Waals surface area contributed by atoms with Crippen LogP contribution in [0.2, 0.25) is 0 Å². The molecule has 1 aromatic rings. The molecule has 0 spiro atoms. The number of benzene rings is 1. The van der Waals surface area contributed by atoms with Crippen LogP contribution in [0.4, 0.5) is 13.2 Å². The number of rotatable bonds is 7. The average Bonchev–Trinajstić information content (AvgIpc) is 2.36. The number of Topliss-reactive ketones (excluding diaryl/α,β-unsaturated/α-hetero) is 1. The van der Waals surface area contributed by atoms with Crippen LogP contribution in [0.15, 0.2) is 24.3 Å². The number of hydrogen-bond acceptors (Lipinski definition) is 2. The number of halogens is 3. The molecule has 0 amide bonds. The summed E-state index contributed by atoms with van der Waals surface area (Å²) in [7, 11) is 1.55. The number of ketones is 1. The molecule has 0 aliphatic carbocycles. The predicted octanol–water partition coefficient (Wildman–Crippen LogP) is 3.63. The van der Waals surface area contributed by atoms with Crippen LogP contribution >= 0.6 is 0 Å². The summed E-state index contributed by atoms with van der Waals surface area (Å²) in [5.74, 6) is -0.0333. The van der Waals surface area contributed by atoms with Gasteiger partial charge in [-0.15, -0.1) is 0 Å². The Balaban J connectivity index is 2.56. The summed E-state index contributed by atoms with van der Waals surface area (Å²) in [5, 5.41) is 0. The zero-order valence-electron chi connectivity index (χ0n) is 10.8. The van der Waals surface area contributed by atoms with Crippen LogP contribution in [0, 0.1) is 0 Å². The van der Waals surface area contributed by atoms with E-state index >= 15 is 0 Å². The van der Waals surface area contributed by atoms with E-state index in [9.17, 15) is 18.0 Å². The molecule has 19 heavy (non-hydrogen) atoms. The van der Waals surface area contributed by atoms with E-state index in [0.29, 0.717) is 19.4 Å². The molecular formula is C14H17F3O2. The predicted molar refractivity (Wildman–Crippen MR) is 65.9 cm³/mol. The quantitative estimate of drug-likeness (QED) is 0.710. The highest BCUT2D eigenvalue weighted by molar-refractivity contribution is 5.78. The van der Waals surface area contributed by atoms with Crippen molar-refractivity contribution >= 4 is 5.78 Å². The highest BCUT2D eigenvalue weighted by atomic mass is 19.4. The molecule has 0 aliphatic heterocycles. The minimum absolute atomic E-state index is 0.0333. The van der Waals surface area contributed by atoms with Crippen molar-refractivity contribution in [3.05, 3.63) is 35.4 Å². The summed E-state index contributed by atoms with van der Waals surface area (Å²) < 4.78 is 43.0. The summed E-state index contributed by atoms with van der Waals surface area (Å²) >= 11 is 0. The molecular weight excluding hydrogens is 257 g/mol. The molecule has 0 radical (unpaired) electrons. The van der Waals surface area contributed by atoms with Gasteiger partial charge >= 0.3 is 6.18 Å². The van der Waals surface area contributed by atoms with Gasteiger partial charge in [-0.2, -0.15) is 13.2 Å². The maximum Gasteiger partial charge on any atom is 0.416 e. The Labute approximate surface area is 110 Å². The Morgan fingerprint density at radius 1 is 1.21 bits per heavy atom. The summed E-state index contributed by atoms with van der Waals surface area (Å²) in [6.45, 7) is 0.491. The zero-order chi connectivity index (χ0) is 14.3. The first-order chi connectivity index (χ1) is 8.95. The fraction of sp³-hybridized carbons (Fsp3) is 0.500. The van der Waals surface area contributed by atoms with Crippen LogP contribution in [0.5, 0.6) is 0 Å². The van der Waals surface area contributed by atoms with Crippen LogP contribution < -0.4 is 0 Å². The molecule has 5 heteroatoms. The fourth-order valence-corrected chi connectivity index (χ4v) is 1.83. The van der Waals surface area contributed by atoms with E-state index in [-0.39, 0.29) is 24.2 Å². The van der Waals surface area contributed by atoms with Gasteiger partial charge in [0.05, 0.1) is 5.56 Å². The van der Waals surface area contributed by atoms with E-state index in [4.69, 9.17) is 4.74 Å². The monoisotopic (exact) mass is 274 g/mol.